The van der Waals surface area contributed by atoms with Crippen LogP contribution in [0, 0.1) is 5.92 Å². The minimum Gasteiger partial charge on any atom is -0.348 e. The molecule has 1 aliphatic rings. The molecule has 1 fully saturated rings. The highest BCUT2D eigenvalue weighted by Crippen LogP contribution is 2.17. The Labute approximate surface area is 132 Å². The third kappa shape index (κ3) is 4.06. The van der Waals surface area contributed by atoms with Crippen molar-refractivity contribution in [3.8, 4) is 0 Å². The summed E-state index contributed by atoms with van der Waals surface area (Å²) in [5.41, 5.74) is 0.655. The van der Waals surface area contributed by atoms with E-state index in [0.29, 0.717) is 17.3 Å². The summed E-state index contributed by atoms with van der Waals surface area (Å²) in [6.45, 7) is 7.65. The third-order valence-electron chi connectivity index (χ3n) is 4.13. The molecule has 5 nitrogen and oxygen atoms in total. The van der Waals surface area contributed by atoms with Gasteiger partial charge >= 0.3 is 0 Å². The number of carbonyl (C=O) groups is 2. The molecule has 22 heavy (non-hydrogen) atoms. The van der Waals surface area contributed by atoms with Crippen LogP contribution >= 0.6 is 0 Å². The van der Waals surface area contributed by atoms with Crippen molar-refractivity contribution in [3.05, 3.63) is 29.6 Å². The molecular weight excluding hydrogens is 278 g/mol. The monoisotopic (exact) mass is 303 g/mol. The first-order valence-electron chi connectivity index (χ1n) is 8.08. The van der Waals surface area contributed by atoms with Gasteiger partial charge in [-0.15, -0.1) is 0 Å². The Morgan fingerprint density at radius 1 is 1.41 bits per heavy atom. The Hall–Kier alpha value is -1.91. The van der Waals surface area contributed by atoms with Crippen LogP contribution in [0.4, 0.5) is 0 Å². The van der Waals surface area contributed by atoms with Crippen LogP contribution in [-0.2, 0) is 0 Å². The van der Waals surface area contributed by atoms with Crippen LogP contribution in [0.2, 0.25) is 0 Å². The lowest BCUT2D eigenvalue weighted by Gasteiger charge is -2.30. The zero-order chi connectivity index (χ0) is 16.1. The number of hydrogen-bond donors (Lipinski definition) is 1. The minimum absolute atomic E-state index is 0.0789. The molecule has 0 bridgehead atoms. The molecular formula is C17H25N3O2. The molecule has 5 heteroatoms. The standard InChI is InChI=1S/C17H25N3O2/c1-4-13(3)18-16(21)14-8-5-9-15(19-14)17(22)20-10-6-7-12(2)11-20/h5,8-9,12-13H,4,6-7,10-11H2,1-3H3,(H,18,21). The molecule has 1 aliphatic heterocycles. The fourth-order valence-corrected chi connectivity index (χ4v) is 2.62. The Balaban J connectivity index is 2.10. The summed E-state index contributed by atoms with van der Waals surface area (Å²) in [5.74, 6) is 0.218. The molecule has 2 amide bonds. The van der Waals surface area contributed by atoms with Crippen LogP contribution in [0.25, 0.3) is 0 Å². The number of nitrogens with zero attached hydrogens (tertiary/aromatic N) is 2. The molecule has 2 heterocycles. The fraction of sp³-hybridized carbons (Fsp3) is 0.588. The van der Waals surface area contributed by atoms with Gasteiger partial charge in [0.2, 0.25) is 0 Å². The van der Waals surface area contributed by atoms with Crippen molar-refractivity contribution in [1.82, 2.24) is 15.2 Å². The summed E-state index contributed by atoms with van der Waals surface area (Å²) in [6.07, 6.45) is 3.05. The summed E-state index contributed by atoms with van der Waals surface area (Å²) in [6, 6.07) is 5.14. The van der Waals surface area contributed by atoms with Crippen LogP contribution in [0.5, 0.6) is 0 Å². The highest BCUT2D eigenvalue weighted by molar-refractivity contribution is 5.96. The zero-order valence-corrected chi connectivity index (χ0v) is 13.6. The molecule has 2 unspecified atom stereocenters. The first-order valence-corrected chi connectivity index (χ1v) is 8.08. The van der Waals surface area contributed by atoms with Crippen molar-refractivity contribution >= 4 is 11.8 Å². The van der Waals surface area contributed by atoms with Gasteiger partial charge in [0.25, 0.3) is 11.8 Å². The SMILES string of the molecule is CCC(C)NC(=O)c1cccc(C(=O)N2CCCC(C)C2)n1. The maximum atomic E-state index is 12.5. The van der Waals surface area contributed by atoms with Crippen LogP contribution in [0.3, 0.4) is 0 Å². The van der Waals surface area contributed by atoms with Crippen molar-refractivity contribution < 1.29 is 9.59 Å². The number of likely N-dealkylation sites (tertiary alicyclic amines) is 1. The maximum Gasteiger partial charge on any atom is 0.272 e. The average molecular weight is 303 g/mol. The maximum absolute atomic E-state index is 12.5. The van der Waals surface area contributed by atoms with Crippen molar-refractivity contribution in [1.29, 1.82) is 0 Å². The van der Waals surface area contributed by atoms with E-state index >= 15 is 0 Å². The van der Waals surface area contributed by atoms with Gasteiger partial charge in [0.15, 0.2) is 0 Å². The number of rotatable bonds is 4. The van der Waals surface area contributed by atoms with E-state index in [-0.39, 0.29) is 17.9 Å². The van der Waals surface area contributed by atoms with E-state index in [1.54, 1.807) is 18.2 Å². The first kappa shape index (κ1) is 16.5. The lowest BCUT2D eigenvalue weighted by molar-refractivity contribution is 0.0677. The van der Waals surface area contributed by atoms with Crippen molar-refractivity contribution in [2.75, 3.05) is 13.1 Å². The van der Waals surface area contributed by atoms with Gasteiger partial charge in [0.05, 0.1) is 0 Å². The summed E-state index contributed by atoms with van der Waals surface area (Å²) in [4.78, 5) is 30.7. The quantitative estimate of drug-likeness (QED) is 0.929. The van der Waals surface area contributed by atoms with Gasteiger partial charge < -0.3 is 10.2 Å². The van der Waals surface area contributed by atoms with E-state index in [9.17, 15) is 9.59 Å². The Bertz CT molecular complexity index is 544. The lowest BCUT2D eigenvalue weighted by atomic mass is 10.00. The van der Waals surface area contributed by atoms with Gasteiger partial charge in [-0.05, 0) is 44.2 Å². The smallest absolute Gasteiger partial charge is 0.272 e. The van der Waals surface area contributed by atoms with Gasteiger partial charge in [-0.3, -0.25) is 9.59 Å². The first-order chi connectivity index (χ1) is 10.5. The molecule has 1 aromatic rings. The Kier molecular flexibility index (Phi) is 5.52. The van der Waals surface area contributed by atoms with E-state index in [4.69, 9.17) is 0 Å². The van der Waals surface area contributed by atoms with Crippen LogP contribution < -0.4 is 5.32 Å². The summed E-state index contributed by atoms with van der Waals surface area (Å²) < 4.78 is 0. The fourth-order valence-electron chi connectivity index (χ4n) is 2.62. The predicted molar refractivity (Wildman–Crippen MR) is 85.8 cm³/mol. The molecule has 0 aromatic carbocycles. The topological polar surface area (TPSA) is 62.3 Å². The van der Waals surface area contributed by atoms with Crippen molar-refractivity contribution in [2.24, 2.45) is 5.92 Å². The lowest BCUT2D eigenvalue weighted by Crippen LogP contribution is -2.39. The second-order valence-electron chi connectivity index (χ2n) is 6.19. The zero-order valence-electron chi connectivity index (χ0n) is 13.6. The Morgan fingerprint density at radius 2 is 2.14 bits per heavy atom. The van der Waals surface area contributed by atoms with Gasteiger partial charge in [-0.1, -0.05) is 19.9 Å². The molecule has 2 atom stereocenters. The molecule has 0 radical (unpaired) electrons. The van der Waals surface area contributed by atoms with Gasteiger partial charge in [-0.25, -0.2) is 4.98 Å². The molecule has 0 saturated carbocycles. The van der Waals surface area contributed by atoms with Crippen molar-refractivity contribution in [2.45, 2.75) is 46.1 Å². The van der Waals surface area contributed by atoms with Crippen molar-refractivity contribution in [3.63, 3.8) is 0 Å². The highest BCUT2D eigenvalue weighted by Gasteiger charge is 2.23. The summed E-state index contributed by atoms with van der Waals surface area (Å²) >= 11 is 0. The molecule has 1 saturated heterocycles. The number of piperidine rings is 1. The summed E-state index contributed by atoms with van der Waals surface area (Å²) in [5, 5.41) is 2.87. The second kappa shape index (κ2) is 7.38. The van der Waals surface area contributed by atoms with E-state index in [0.717, 1.165) is 32.4 Å². The van der Waals surface area contributed by atoms with Crippen LogP contribution in [0.1, 0.15) is 61.0 Å². The number of pyridine rings is 1. The Morgan fingerprint density at radius 3 is 2.82 bits per heavy atom. The van der Waals surface area contributed by atoms with Gasteiger partial charge in [0.1, 0.15) is 11.4 Å². The third-order valence-corrected chi connectivity index (χ3v) is 4.13. The van der Waals surface area contributed by atoms with Gasteiger partial charge in [-0.2, -0.15) is 0 Å². The molecule has 1 N–H and O–H groups in total. The number of nitrogens with one attached hydrogen (secondary N) is 1. The van der Waals surface area contributed by atoms with Crippen LogP contribution in [-0.4, -0.2) is 40.8 Å². The van der Waals surface area contributed by atoms with E-state index < -0.39 is 0 Å². The molecule has 120 valence electrons. The molecule has 2 rings (SSSR count). The van der Waals surface area contributed by atoms with Crippen LogP contribution in [0.15, 0.2) is 18.2 Å². The average Bonchev–Trinajstić information content (AvgIpc) is 2.54. The second-order valence-corrected chi connectivity index (χ2v) is 6.19. The molecule has 0 aliphatic carbocycles. The number of aromatic nitrogens is 1. The highest BCUT2D eigenvalue weighted by atomic mass is 16.2. The molecule has 0 spiro atoms. The van der Waals surface area contributed by atoms with Gasteiger partial charge in [0, 0.05) is 19.1 Å². The minimum atomic E-state index is -0.226. The number of amides is 2. The van der Waals surface area contributed by atoms with E-state index in [2.05, 4.69) is 17.2 Å². The predicted octanol–water partition coefficient (Wildman–Crippen LogP) is 2.48. The van der Waals surface area contributed by atoms with E-state index in [1.165, 1.54) is 0 Å². The number of carbonyl (C=O) groups excluding carboxylic acids is 2. The molecule has 1 aromatic heterocycles. The summed E-state index contributed by atoms with van der Waals surface area (Å²) in [7, 11) is 0. The number of hydrogen-bond acceptors (Lipinski definition) is 3. The largest absolute Gasteiger partial charge is 0.348 e. The van der Waals surface area contributed by atoms with E-state index in [1.807, 2.05) is 18.7 Å². The normalized spacial score (nSPS) is 19.6.